The van der Waals surface area contributed by atoms with Gasteiger partial charge in [0.05, 0.1) is 12.6 Å². The fourth-order valence-corrected chi connectivity index (χ4v) is 1.33. The number of rotatable bonds is 3. The van der Waals surface area contributed by atoms with E-state index in [-0.39, 0.29) is 6.04 Å². The number of nitrogen functional groups attached to an aromatic ring is 1. The Bertz CT molecular complexity index is 291. The highest BCUT2D eigenvalue weighted by Gasteiger charge is 2.08. The molecule has 0 aromatic heterocycles. The fraction of sp³-hybridized carbons (Fsp3) is 0.333. The van der Waals surface area contributed by atoms with Gasteiger partial charge in [0.2, 0.25) is 0 Å². The molecule has 4 N–H and O–H groups in total. The van der Waals surface area contributed by atoms with Crippen LogP contribution in [-0.2, 0) is 4.74 Å². The van der Waals surface area contributed by atoms with Gasteiger partial charge in [-0.25, -0.2) is 0 Å². The van der Waals surface area contributed by atoms with Crippen molar-refractivity contribution in [1.82, 2.24) is 0 Å². The second-order valence-electron chi connectivity index (χ2n) is 2.84. The number of benzene rings is 1. The lowest BCUT2D eigenvalue weighted by atomic mass is 10.1. The third kappa shape index (κ3) is 2.59. The topological polar surface area (TPSA) is 61.3 Å². The Hall–Kier alpha value is -0.770. The molecule has 3 nitrogen and oxygen atoms in total. The van der Waals surface area contributed by atoms with Crippen molar-refractivity contribution < 1.29 is 4.74 Å². The van der Waals surface area contributed by atoms with Crippen LogP contribution >= 0.6 is 11.6 Å². The Labute approximate surface area is 82.6 Å². The average Bonchev–Trinajstić information content (AvgIpc) is 2.04. The van der Waals surface area contributed by atoms with Crippen LogP contribution < -0.4 is 11.5 Å². The van der Waals surface area contributed by atoms with Gasteiger partial charge >= 0.3 is 0 Å². The molecule has 0 radical (unpaired) electrons. The molecule has 0 heterocycles. The van der Waals surface area contributed by atoms with Crippen molar-refractivity contribution >= 4 is 17.3 Å². The Balaban J connectivity index is 2.88. The summed E-state index contributed by atoms with van der Waals surface area (Å²) < 4.78 is 4.93. The van der Waals surface area contributed by atoms with Crippen LogP contribution in [0.1, 0.15) is 11.6 Å². The lowest BCUT2D eigenvalue weighted by molar-refractivity contribution is 0.181. The van der Waals surface area contributed by atoms with E-state index in [1.807, 2.05) is 6.07 Å². The van der Waals surface area contributed by atoms with Crippen molar-refractivity contribution in [2.24, 2.45) is 5.73 Å². The molecule has 1 rings (SSSR count). The minimum absolute atomic E-state index is 0.192. The molecule has 0 aliphatic rings. The highest BCUT2D eigenvalue weighted by molar-refractivity contribution is 6.30. The van der Waals surface area contributed by atoms with E-state index < -0.39 is 0 Å². The van der Waals surface area contributed by atoms with Crippen molar-refractivity contribution in [2.45, 2.75) is 6.04 Å². The van der Waals surface area contributed by atoms with Crippen LogP contribution in [0.25, 0.3) is 0 Å². The van der Waals surface area contributed by atoms with Crippen molar-refractivity contribution in [3.05, 3.63) is 28.8 Å². The van der Waals surface area contributed by atoms with Crippen LogP contribution in [0.3, 0.4) is 0 Å². The van der Waals surface area contributed by atoms with Gasteiger partial charge in [-0.1, -0.05) is 17.7 Å². The molecule has 1 aromatic rings. The minimum Gasteiger partial charge on any atom is -0.398 e. The van der Waals surface area contributed by atoms with E-state index >= 15 is 0 Å². The Morgan fingerprint density at radius 1 is 1.54 bits per heavy atom. The number of nitrogens with two attached hydrogens (primary N) is 2. The Kier molecular flexibility index (Phi) is 3.54. The van der Waals surface area contributed by atoms with Gasteiger partial charge in [0, 0.05) is 17.8 Å². The van der Waals surface area contributed by atoms with Gasteiger partial charge in [-0.15, -0.1) is 0 Å². The molecule has 72 valence electrons. The maximum Gasteiger partial charge on any atom is 0.0656 e. The summed E-state index contributed by atoms with van der Waals surface area (Å²) in [5, 5.41) is 0.617. The second kappa shape index (κ2) is 4.46. The second-order valence-corrected chi connectivity index (χ2v) is 3.27. The minimum atomic E-state index is -0.192. The van der Waals surface area contributed by atoms with Gasteiger partial charge in [-0.3, -0.25) is 0 Å². The third-order valence-electron chi connectivity index (χ3n) is 1.79. The quantitative estimate of drug-likeness (QED) is 0.729. The van der Waals surface area contributed by atoms with Crippen LogP contribution in [0, 0.1) is 0 Å². The Morgan fingerprint density at radius 2 is 2.23 bits per heavy atom. The molecule has 0 aliphatic heterocycles. The molecule has 0 saturated heterocycles. The summed E-state index contributed by atoms with van der Waals surface area (Å²) in [6.07, 6.45) is 0. The first-order valence-electron chi connectivity index (χ1n) is 3.94. The lowest BCUT2D eigenvalue weighted by Gasteiger charge is -2.13. The molecule has 1 atom stereocenters. The number of methoxy groups -OCH3 is 1. The van der Waals surface area contributed by atoms with Gasteiger partial charge in [0.25, 0.3) is 0 Å². The van der Waals surface area contributed by atoms with Crippen LogP contribution in [-0.4, -0.2) is 13.7 Å². The highest BCUT2D eigenvalue weighted by atomic mass is 35.5. The number of anilines is 1. The predicted octanol–water partition coefficient (Wildman–Crippen LogP) is 1.57. The van der Waals surface area contributed by atoms with Crippen molar-refractivity contribution in [3.63, 3.8) is 0 Å². The first-order valence-corrected chi connectivity index (χ1v) is 4.32. The number of hydrogen-bond acceptors (Lipinski definition) is 3. The van der Waals surface area contributed by atoms with E-state index in [4.69, 9.17) is 27.8 Å². The van der Waals surface area contributed by atoms with Gasteiger partial charge in [-0.2, -0.15) is 0 Å². The maximum atomic E-state index is 5.81. The molecule has 0 aliphatic carbocycles. The van der Waals surface area contributed by atoms with Crippen LogP contribution in [0.5, 0.6) is 0 Å². The molecular weight excluding hydrogens is 188 g/mol. The zero-order valence-electron chi connectivity index (χ0n) is 7.46. The number of ether oxygens (including phenoxy) is 1. The molecule has 0 fully saturated rings. The molecule has 1 aromatic carbocycles. The van der Waals surface area contributed by atoms with E-state index in [1.165, 1.54) is 0 Å². The summed E-state index contributed by atoms with van der Waals surface area (Å²) in [7, 11) is 1.60. The van der Waals surface area contributed by atoms with Crippen molar-refractivity contribution in [3.8, 4) is 0 Å². The number of hydrogen-bond donors (Lipinski definition) is 2. The van der Waals surface area contributed by atoms with E-state index in [9.17, 15) is 0 Å². The third-order valence-corrected chi connectivity index (χ3v) is 2.03. The molecule has 1 unspecified atom stereocenters. The van der Waals surface area contributed by atoms with Crippen LogP contribution in [0.2, 0.25) is 5.02 Å². The van der Waals surface area contributed by atoms with Gasteiger partial charge in [-0.05, 0) is 17.7 Å². The smallest absolute Gasteiger partial charge is 0.0656 e. The molecular formula is C9H13ClN2O. The monoisotopic (exact) mass is 200 g/mol. The van der Waals surface area contributed by atoms with Gasteiger partial charge in [0.1, 0.15) is 0 Å². The van der Waals surface area contributed by atoms with E-state index in [0.717, 1.165) is 5.56 Å². The fourth-order valence-electron chi connectivity index (χ4n) is 1.15. The zero-order valence-corrected chi connectivity index (χ0v) is 8.21. The summed E-state index contributed by atoms with van der Waals surface area (Å²) in [6.45, 7) is 0.450. The summed E-state index contributed by atoms with van der Waals surface area (Å²) in [5.74, 6) is 0. The van der Waals surface area contributed by atoms with Gasteiger partial charge < -0.3 is 16.2 Å². The standard InChI is InChI=1S/C9H13ClN2O/c1-13-5-9(12)7-3-2-6(10)4-8(7)11/h2-4,9H,5,11-12H2,1H3. The summed E-state index contributed by atoms with van der Waals surface area (Å²) in [4.78, 5) is 0. The average molecular weight is 201 g/mol. The Morgan fingerprint density at radius 3 is 2.77 bits per heavy atom. The summed E-state index contributed by atoms with van der Waals surface area (Å²) in [6, 6.07) is 5.08. The van der Waals surface area contributed by atoms with Crippen molar-refractivity contribution in [1.29, 1.82) is 0 Å². The molecule has 0 bridgehead atoms. The first kappa shape index (κ1) is 10.3. The SMILES string of the molecule is COCC(N)c1ccc(Cl)cc1N. The summed E-state index contributed by atoms with van der Waals surface area (Å²) in [5.41, 5.74) is 13.0. The van der Waals surface area contributed by atoms with E-state index in [1.54, 1.807) is 19.2 Å². The van der Waals surface area contributed by atoms with Crippen LogP contribution in [0.15, 0.2) is 18.2 Å². The van der Waals surface area contributed by atoms with E-state index in [2.05, 4.69) is 0 Å². The molecule has 4 heteroatoms. The largest absolute Gasteiger partial charge is 0.398 e. The molecule has 13 heavy (non-hydrogen) atoms. The van der Waals surface area contributed by atoms with Gasteiger partial charge in [0.15, 0.2) is 0 Å². The predicted molar refractivity (Wildman–Crippen MR) is 54.7 cm³/mol. The molecule has 0 amide bonds. The number of halogens is 1. The molecule has 0 saturated carbocycles. The molecule has 0 spiro atoms. The highest BCUT2D eigenvalue weighted by Crippen LogP contribution is 2.22. The van der Waals surface area contributed by atoms with Crippen molar-refractivity contribution in [2.75, 3.05) is 19.5 Å². The zero-order chi connectivity index (χ0) is 9.84. The maximum absolute atomic E-state index is 5.81. The lowest BCUT2D eigenvalue weighted by Crippen LogP contribution is -2.17. The van der Waals surface area contributed by atoms with Crippen LogP contribution in [0.4, 0.5) is 5.69 Å². The van der Waals surface area contributed by atoms with E-state index in [0.29, 0.717) is 17.3 Å². The normalized spacial score (nSPS) is 12.8. The first-order chi connectivity index (χ1) is 6.15. The summed E-state index contributed by atoms with van der Waals surface area (Å²) >= 11 is 5.75.